The molecule has 2 amide bonds. The molecule has 0 saturated carbocycles. The van der Waals surface area contributed by atoms with Crippen molar-refractivity contribution in [1.82, 2.24) is 20.4 Å². The third kappa shape index (κ3) is 6.30. The van der Waals surface area contributed by atoms with Crippen molar-refractivity contribution in [2.75, 3.05) is 12.9 Å². The Hall–Kier alpha value is -3.59. The lowest BCUT2D eigenvalue weighted by Gasteiger charge is -2.16. The van der Waals surface area contributed by atoms with E-state index >= 15 is 0 Å². The number of carbonyl (C=O) groups is 2. The van der Waals surface area contributed by atoms with Gasteiger partial charge in [0, 0.05) is 12.1 Å². The number of para-hydroxylation sites is 1. The predicted octanol–water partition coefficient (Wildman–Crippen LogP) is 3.85. The summed E-state index contributed by atoms with van der Waals surface area (Å²) in [5, 5.41) is 1.05. The van der Waals surface area contributed by atoms with E-state index in [0.29, 0.717) is 33.9 Å². The first-order chi connectivity index (χ1) is 17.0. The number of hydrogen-bond acceptors (Lipinski definition) is 6. The molecule has 0 radical (unpaired) electrons. The van der Waals surface area contributed by atoms with Gasteiger partial charge in [-0.1, -0.05) is 35.5 Å². The normalized spacial score (nSPS) is 13.2. The number of hydrogen-bond donors (Lipinski definition) is 2. The van der Waals surface area contributed by atoms with Crippen LogP contribution < -0.4 is 21.1 Å². The standard InChI is InChI=1S/C26H28N4O4S/c1-34-20-13-11-19(12-14-20)24(32)29-28-23(31)17-35-26-27-22-10-6-5-9-21(22)25(33)30(26)16-15-18-7-3-2-4-8-18/h5-7,9-14H,2-4,8,15-17H2,1H3,(H,28,31)(H,29,32). The Kier molecular flexibility index (Phi) is 8.20. The summed E-state index contributed by atoms with van der Waals surface area (Å²) in [5.74, 6) is -0.208. The zero-order valence-electron chi connectivity index (χ0n) is 19.6. The van der Waals surface area contributed by atoms with Gasteiger partial charge in [-0.15, -0.1) is 0 Å². The van der Waals surface area contributed by atoms with Crippen LogP contribution in [0.5, 0.6) is 5.75 Å². The lowest BCUT2D eigenvalue weighted by Crippen LogP contribution is -2.42. The Balaban J connectivity index is 1.42. The second kappa shape index (κ2) is 11.7. The van der Waals surface area contributed by atoms with Crippen molar-refractivity contribution in [3.05, 3.63) is 76.1 Å². The highest BCUT2D eigenvalue weighted by molar-refractivity contribution is 7.99. The summed E-state index contributed by atoms with van der Waals surface area (Å²) in [7, 11) is 1.55. The first-order valence-electron chi connectivity index (χ1n) is 11.6. The summed E-state index contributed by atoms with van der Waals surface area (Å²) in [4.78, 5) is 42.6. The van der Waals surface area contributed by atoms with E-state index in [1.54, 1.807) is 48.1 Å². The second-order valence-corrected chi connectivity index (χ2v) is 9.19. The molecule has 0 spiro atoms. The Labute approximate surface area is 207 Å². The minimum Gasteiger partial charge on any atom is -0.497 e. The van der Waals surface area contributed by atoms with Gasteiger partial charge in [0.25, 0.3) is 11.5 Å². The lowest BCUT2D eigenvalue weighted by atomic mass is 9.97. The third-order valence-corrected chi connectivity index (χ3v) is 6.84. The SMILES string of the molecule is COc1ccc(C(=O)NNC(=O)CSc2nc3ccccc3c(=O)n2CCC2=CCCCC2)cc1. The van der Waals surface area contributed by atoms with Crippen LogP contribution in [-0.2, 0) is 11.3 Å². The van der Waals surface area contributed by atoms with Gasteiger partial charge in [0.2, 0.25) is 5.91 Å². The fourth-order valence-corrected chi connectivity index (χ4v) is 4.77. The molecular formula is C26H28N4O4S. The molecule has 2 N–H and O–H groups in total. The smallest absolute Gasteiger partial charge is 0.269 e. The summed E-state index contributed by atoms with van der Waals surface area (Å²) in [5.41, 5.74) is 7.07. The highest BCUT2D eigenvalue weighted by Crippen LogP contribution is 2.23. The average Bonchev–Trinajstić information content (AvgIpc) is 2.90. The van der Waals surface area contributed by atoms with Crippen LogP contribution in [-0.4, -0.2) is 34.2 Å². The van der Waals surface area contributed by atoms with Crippen molar-refractivity contribution in [3.8, 4) is 5.75 Å². The number of methoxy groups -OCH3 is 1. The Bertz CT molecular complexity index is 1300. The molecule has 35 heavy (non-hydrogen) atoms. The van der Waals surface area contributed by atoms with E-state index in [1.165, 1.54) is 30.2 Å². The topological polar surface area (TPSA) is 102 Å². The molecule has 1 aliphatic rings. The number of nitrogens with one attached hydrogen (secondary N) is 2. The molecule has 8 nitrogen and oxygen atoms in total. The monoisotopic (exact) mass is 492 g/mol. The van der Waals surface area contributed by atoms with Gasteiger partial charge < -0.3 is 4.74 Å². The highest BCUT2D eigenvalue weighted by atomic mass is 32.2. The largest absolute Gasteiger partial charge is 0.497 e. The van der Waals surface area contributed by atoms with Crippen molar-refractivity contribution in [2.24, 2.45) is 0 Å². The summed E-state index contributed by atoms with van der Waals surface area (Å²) in [6.07, 6.45) is 7.61. The first-order valence-corrected chi connectivity index (χ1v) is 12.6. The van der Waals surface area contributed by atoms with Crippen LogP contribution in [0, 0.1) is 0 Å². The van der Waals surface area contributed by atoms with E-state index in [4.69, 9.17) is 4.74 Å². The van der Waals surface area contributed by atoms with E-state index in [0.717, 1.165) is 19.3 Å². The molecule has 182 valence electrons. The van der Waals surface area contributed by atoms with Gasteiger partial charge in [0.05, 0.1) is 23.8 Å². The van der Waals surface area contributed by atoms with E-state index in [1.807, 2.05) is 12.1 Å². The maximum atomic E-state index is 13.2. The van der Waals surface area contributed by atoms with Gasteiger partial charge in [0.15, 0.2) is 5.16 Å². The van der Waals surface area contributed by atoms with Crippen LogP contribution in [0.3, 0.4) is 0 Å². The summed E-state index contributed by atoms with van der Waals surface area (Å²) in [6.45, 7) is 0.515. The molecule has 9 heteroatoms. The van der Waals surface area contributed by atoms with Crippen LogP contribution in [0.2, 0.25) is 0 Å². The molecule has 1 aromatic heterocycles. The number of fused-ring (bicyclic) bond motifs is 1. The van der Waals surface area contributed by atoms with Gasteiger partial charge in [-0.2, -0.15) is 0 Å². The molecule has 0 fully saturated rings. The molecule has 0 unspecified atom stereocenters. The van der Waals surface area contributed by atoms with Crippen LogP contribution in [0.25, 0.3) is 10.9 Å². The first kappa shape index (κ1) is 24.5. The Morgan fingerprint density at radius 1 is 1.09 bits per heavy atom. The lowest BCUT2D eigenvalue weighted by molar-refractivity contribution is -0.119. The number of amides is 2. The zero-order chi connectivity index (χ0) is 24.6. The molecule has 2 aromatic carbocycles. The molecule has 1 aliphatic carbocycles. The number of rotatable bonds is 8. The quantitative estimate of drug-likeness (QED) is 0.214. The van der Waals surface area contributed by atoms with Gasteiger partial charge in [-0.25, -0.2) is 4.98 Å². The fraction of sp³-hybridized carbons (Fsp3) is 0.308. The second-order valence-electron chi connectivity index (χ2n) is 8.25. The van der Waals surface area contributed by atoms with Crippen molar-refractivity contribution < 1.29 is 14.3 Å². The van der Waals surface area contributed by atoms with Gasteiger partial charge in [0.1, 0.15) is 5.75 Å². The van der Waals surface area contributed by atoms with Crippen LogP contribution in [0.4, 0.5) is 0 Å². The number of benzene rings is 2. The molecule has 3 aromatic rings. The van der Waals surface area contributed by atoms with E-state index in [2.05, 4.69) is 21.9 Å². The maximum absolute atomic E-state index is 13.2. The van der Waals surface area contributed by atoms with Gasteiger partial charge in [-0.05, 0) is 68.5 Å². The van der Waals surface area contributed by atoms with Crippen molar-refractivity contribution in [2.45, 2.75) is 43.8 Å². The summed E-state index contributed by atoms with van der Waals surface area (Å²) in [6, 6.07) is 13.8. The summed E-state index contributed by atoms with van der Waals surface area (Å²) < 4.78 is 6.74. The number of hydrazine groups is 1. The Morgan fingerprint density at radius 2 is 1.89 bits per heavy atom. The van der Waals surface area contributed by atoms with Crippen LogP contribution in [0.1, 0.15) is 42.5 Å². The van der Waals surface area contributed by atoms with E-state index < -0.39 is 11.8 Å². The maximum Gasteiger partial charge on any atom is 0.269 e. The van der Waals surface area contributed by atoms with Gasteiger partial charge in [-0.3, -0.25) is 29.8 Å². The van der Waals surface area contributed by atoms with Crippen molar-refractivity contribution in [1.29, 1.82) is 0 Å². The molecular weight excluding hydrogens is 464 g/mol. The van der Waals surface area contributed by atoms with E-state index in [9.17, 15) is 14.4 Å². The van der Waals surface area contributed by atoms with Gasteiger partial charge >= 0.3 is 0 Å². The molecule has 4 rings (SSSR count). The fourth-order valence-electron chi connectivity index (χ4n) is 3.95. The van der Waals surface area contributed by atoms with Crippen LogP contribution >= 0.6 is 11.8 Å². The minimum atomic E-state index is -0.438. The van der Waals surface area contributed by atoms with Crippen molar-refractivity contribution in [3.63, 3.8) is 0 Å². The number of ether oxygens (including phenoxy) is 1. The number of aromatic nitrogens is 2. The molecule has 0 saturated heterocycles. The predicted molar refractivity (Wildman–Crippen MR) is 136 cm³/mol. The molecule has 0 aliphatic heterocycles. The van der Waals surface area contributed by atoms with Crippen molar-refractivity contribution >= 4 is 34.5 Å². The van der Waals surface area contributed by atoms with E-state index in [-0.39, 0.29) is 11.3 Å². The zero-order valence-corrected chi connectivity index (χ0v) is 20.4. The number of carbonyl (C=O) groups excluding carboxylic acids is 2. The number of thioether (sulfide) groups is 1. The molecule has 1 heterocycles. The average molecular weight is 493 g/mol. The minimum absolute atomic E-state index is 0.00360. The molecule has 0 atom stereocenters. The third-order valence-electron chi connectivity index (χ3n) is 5.87. The summed E-state index contributed by atoms with van der Waals surface area (Å²) >= 11 is 1.18. The molecule has 0 bridgehead atoms. The number of nitrogens with zero attached hydrogens (tertiary/aromatic N) is 2. The number of allylic oxidation sites excluding steroid dienone is 2. The highest BCUT2D eigenvalue weighted by Gasteiger charge is 2.15. The van der Waals surface area contributed by atoms with Crippen LogP contribution in [0.15, 0.2) is 70.1 Å². The Morgan fingerprint density at radius 3 is 2.63 bits per heavy atom.